The van der Waals surface area contributed by atoms with Crippen LogP contribution in [-0.4, -0.2) is 0 Å². The Kier molecular flexibility index (Phi) is 8.47. The molecule has 0 heterocycles. The molecule has 0 atom stereocenters. The molecule has 0 aliphatic rings. The molecule has 0 aromatic heterocycles. The van der Waals surface area contributed by atoms with Crippen molar-refractivity contribution < 1.29 is 47.2 Å². The third-order valence-electron chi connectivity index (χ3n) is 0.169. The van der Waals surface area contributed by atoms with Crippen LogP contribution in [0.4, 0.5) is 0 Å². The Labute approximate surface area is 78.3 Å². The smallest absolute Gasteiger partial charge is 0.754 e. The normalized spacial score (nSPS) is 10.4. The maximum Gasteiger partial charge on any atom is 1.00 e. The van der Waals surface area contributed by atoms with Crippen molar-refractivity contribution in [2.45, 2.75) is 0 Å². The molecule has 0 N–H and O–H groups in total. The third-order valence-corrected chi connectivity index (χ3v) is 1.52. The minimum atomic E-state index is -4.37. The van der Waals surface area contributed by atoms with Gasteiger partial charge in [0, 0.05) is 0 Å². The van der Waals surface area contributed by atoms with E-state index in [4.69, 9.17) is 0 Å². The largest absolute Gasteiger partial charge is 1.00 e. The molecule has 0 fully saturated rings. The maximum absolute atomic E-state index is 9.69. The van der Waals surface area contributed by atoms with Crippen LogP contribution >= 0.6 is 31.6 Å². The number of hydrogen-bond acceptors (Lipinski definition) is 4. The number of rotatable bonds is 2. The van der Waals surface area contributed by atoms with E-state index in [1.54, 1.807) is 0 Å². The van der Waals surface area contributed by atoms with E-state index < -0.39 is 7.82 Å². The fraction of sp³-hybridized carbons (Fsp3) is 0. The molecule has 0 spiro atoms. The molecule has 0 saturated carbocycles. The third kappa shape index (κ3) is 5.82. The van der Waals surface area contributed by atoms with Gasteiger partial charge in [0.25, 0.3) is 0 Å². The van der Waals surface area contributed by atoms with Crippen molar-refractivity contribution in [3.05, 3.63) is 0 Å². The van der Waals surface area contributed by atoms with Crippen molar-refractivity contribution in [2.24, 2.45) is 0 Å². The summed E-state index contributed by atoms with van der Waals surface area (Å²) in [5.74, 6) is 0. The average Bonchev–Trinajstić information content (AvgIpc) is 1.68. The van der Waals surface area contributed by atoms with Crippen LogP contribution in [0.15, 0.2) is 0 Å². The summed E-state index contributed by atoms with van der Waals surface area (Å²) >= 11 is 8.62. The van der Waals surface area contributed by atoms with Gasteiger partial charge in [-0.05, 0) is 0 Å². The molecule has 0 saturated heterocycles. The standard InChI is InChI=1S/Cl2HO4P.Na/c1-5-7(3,4)6-2;/h(H,3,4);/q;+1/p-1. The average molecular weight is 189 g/mol. The van der Waals surface area contributed by atoms with Gasteiger partial charge < -0.3 is 4.89 Å². The van der Waals surface area contributed by atoms with Gasteiger partial charge in [0.15, 0.2) is 0 Å². The summed E-state index contributed by atoms with van der Waals surface area (Å²) in [6, 6.07) is 0. The van der Waals surface area contributed by atoms with Gasteiger partial charge in [0.1, 0.15) is 0 Å². The van der Waals surface area contributed by atoms with E-state index in [2.05, 4.69) is 31.9 Å². The topological polar surface area (TPSA) is 58.6 Å². The molecule has 4 nitrogen and oxygen atoms in total. The summed E-state index contributed by atoms with van der Waals surface area (Å²) in [6.45, 7) is 0. The second kappa shape index (κ2) is 5.47. The summed E-state index contributed by atoms with van der Waals surface area (Å²) in [6.07, 6.45) is 0. The fourth-order valence-corrected chi connectivity index (χ4v) is 0.287. The van der Waals surface area contributed by atoms with Gasteiger partial charge in [-0.3, -0.25) is 4.57 Å². The van der Waals surface area contributed by atoms with Crippen molar-refractivity contribution in [3.63, 3.8) is 0 Å². The zero-order valence-corrected chi connectivity index (χ0v) is 8.24. The Morgan fingerprint density at radius 3 is 1.62 bits per heavy atom. The van der Waals surface area contributed by atoms with Gasteiger partial charge in [0.2, 0.25) is 0 Å². The van der Waals surface area contributed by atoms with E-state index >= 15 is 0 Å². The molecule has 0 aromatic carbocycles. The summed E-state index contributed by atoms with van der Waals surface area (Å²) in [5, 5.41) is 0. The molecular formula is Cl2NaO4P. The Morgan fingerprint density at radius 2 is 1.62 bits per heavy atom. The fourth-order valence-electron chi connectivity index (χ4n) is 0.0106. The van der Waals surface area contributed by atoms with Crippen LogP contribution in [0.2, 0.25) is 0 Å². The van der Waals surface area contributed by atoms with Crippen LogP contribution in [0.5, 0.6) is 0 Å². The molecular weight excluding hydrogens is 189 g/mol. The van der Waals surface area contributed by atoms with Gasteiger partial charge >= 0.3 is 37.4 Å². The second-order valence-electron chi connectivity index (χ2n) is 0.585. The van der Waals surface area contributed by atoms with Gasteiger partial charge in [-0.1, -0.05) is 0 Å². The first-order valence-corrected chi connectivity index (χ1v) is 3.12. The first-order chi connectivity index (χ1) is 3.12. The summed E-state index contributed by atoms with van der Waals surface area (Å²) in [7, 11) is -4.37. The van der Waals surface area contributed by atoms with Crippen molar-refractivity contribution in [2.75, 3.05) is 0 Å². The molecule has 0 aliphatic carbocycles. The summed E-state index contributed by atoms with van der Waals surface area (Å²) in [4.78, 5) is 9.69. The first kappa shape index (κ1) is 12.4. The number of hydrogen-bond donors (Lipinski definition) is 0. The van der Waals surface area contributed by atoms with Crippen LogP contribution in [0, 0.1) is 0 Å². The van der Waals surface area contributed by atoms with Crippen LogP contribution in [0.25, 0.3) is 0 Å². The zero-order valence-electron chi connectivity index (χ0n) is 3.84. The van der Waals surface area contributed by atoms with Crippen LogP contribution in [0.3, 0.4) is 0 Å². The van der Waals surface area contributed by atoms with Gasteiger partial charge in [0.05, 0.1) is 23.7 Å². The molecule has 0 bridgehead atoms. The van der Waals surface area contributed by atoms with E-state index in [1.165, 1.54) is 0 Å². The molecule has 0 rings (SSSR count). The van der Waals surface area contributed by atoms with Gasteiger partial charge in [-0.15, -0.1) is 0 Å². The molecule has 0 aliphatic heterocycles. The van der Waals surface area contributed by atoms with Crippen molar-refractivity contribution in [1.29, 1.82) is 0 Å². The zero-order chi connectivity index (χ0) is 5.91. The van der Waals surface area contributed by atoms with Gasteiger partial charge in [-0.25, -0.2) is 8.15 Å². The Morgan fingerprint density at radius 1 is 1.38 bits per heavy atom. The second-order valence-corrected chi connectivity index (χ2v) is 2.58. The minimum absolute atomic E-state index is 0. The SMILES string of the molecule is O=P([O-])(OCl)OCl.[Na+]. The molecule has 0 unspecified atom stereocenters. The van der Waals surface area contributed by atoms with Crippen LogP contribution in [0.1, 0.15) is 0 Å². The molecule has 44 valence electrons. The molecule has 0 amide bonds. The maximum atomic E-state index is 9.69. The number of phosphoric acid groups is 1. The minimum Gasteiger partial charge on any atom is -0.754 e. The van der Waals surface area contributed by atoms with Gasteiger partial charge in [-0.2, -0.15) is 0 Å². The Hall–Kier alpha value is 1.69. The van der Waals surface area contributed by atoms with Crippen molar-refractivity contribution >= 4 is 31.6 Å². The van der Waals surface area contributed by atoms with E-state index in [0.717, 1.165) is 0 Å². The first-order valence-electron chi connectivity index (χ1n) is 1.04. The van der Waals surface area contributed by atoms with Crippen LogP contribution < -0.4 is 34.5 Å². The Bertz CT molecular complexity index is 86.0. The molecule has 0 radical (unpaired) electrons. The molecule has 0 aromatic rings. The Balaban J connectivity index is 0. The predicted molar refractivity (Wildman–Crippen MR) is 21.5 cm³/mol. The van der Waals surface area contributed by atoms with Crippen molar-refractivity contribution in [1.82, 2.24) is 0 Å². The van der Waals surface area contributed by atoms with E-state index in [9.17, 15) is 9.46 Å². The van der Waals surface area contributed by atoms with E-state index in [1.807, 2.05) is 0 Å². The predicted octanol–water partition coefficient (Wildman–Crippen LogP) is -2.20. The van der Waals surface area contributed by atoms with Crippen molar-refractivity contribution in [3.8, 4) is 0 Å². The number of halogens is 2. The quantitative estimate of drug-likeness (QED) is 0.365. The van der Waals surface area contributed by atoms with E-state index in [-0.39, 0.29) is 29.6 Å². The molecule has 8 heteroatoms. The monoisotopic (exact) mass is 188 g/mol. The summed E-state index contributed by atoms with van der Waals surface area (Å²) in [5.41, 5.74) is 0. The van der Waals surface area contributed by atoms with Crippen LogP contribution in [-0.2, 0) is 12.7 Å². The summed E-state index contributed by atoms with van der Waals surface area (Å²) < 4.78 is 16.1. The van der Waals surface area contributed by atoms with E-state index in [0.29, 0.717) is 0 Å². The molecule has 8 heavy (non-hydrogen) atoms.